The topological polar surface area (TPSA) is 40.9 Å². The molecule has 0 aliphatic carbocycles. The highest BCUT2D eigenvalue weighted by Crippen LogP contribution is 2.24. The molecule has 2 heteroatoms. The summed E-state index contributed by atoms with van der Waals surface area (Å²) in [6, 6.07) is 15.1. The third kappa shape index (κ3) is 2.24. The molecule has 0 saturated carbocycles. The number of carbonyl (C=O) groups is 1. The first kappa shape index (κ1) is 11.1. The molecule has 0 amide bonds. The van der Waals surface area contributed by atoms with Crippen molar-refractivity contribution in [2.24, 2.45) is 0 Å². The van der Waals surface area contributed by atoms with E-state index in [-0.39, 0.29) is 0 Å². The second-order valence-corrected chi connectivity index (χ2v) is 3.88. The second kappa shape index (κ2) is 4.63. The number of aldehydes is 1. The maximum atomic E-state index is 10.7. The maximum absolute atomic E-state index is 10.7. The van der Waals surface area contributed by atoms with Crippen LogP contribution in [0.25, 0.3) is 11.1 Å². The lowest BCUT2D eigenvalue weighted by molar-refractivity contribution is 0.112. The van der Waals surface area contributed by atoms with Crippen LogP contribution in [-0.2, 0) is 0 Å². The number of carbonyl (C=O) groups excluding carboxylic acids is 1. The molecule has 0 radical (unpaired) electrons. The number of hydrogen-bond acceptors (Lipinski definition) is 2. The lowest BCUT2D eigenvalue weighted by atomic mass is 9.97. The molecule has 0 aromatic heterocycles. The second-order valence-electron chi connectivity index (χ2n) is 3.88. The monoisotopic (exact) mass is 221 g/mol. The highest BCUT2D eigenvalue weighted by Gasteiger charge is 2.03. The molecular weight excluding hydrogens is 210 g/mol. The van der Waals surface area contributed by atoms with Crippen molar-refractivity contribution >= 4 is 6.29 Å². The fourth-order valence-corrected chi connectivity index (χ4v) is 1.84. The molecule has 2 aromatic rings. The molecule has 2 aromatic carbocycles. The lowest BCUT2D eigenvalue weighted by Gasteiger charge is -2.06. The summed E-state index contributed by atoms with van der Waals surface area (Å²) < 4.78 is 0. The fraction of sp³-hybridized carbons (Fsp3) is 0.0667. The van der Waals surface area contributed by atoms with E-state index in [9.17, 15) is 4.79 Å². The quantitative estimate of drug-likeness (QED) is 0.730. The van der Waals surface area contributed by atoms with Gasteiger partial charge in [0.25, 0.3) is 0 Å². The Morgan fingerprint density at radius 2 is 2.00 bits per heavy atom. The van der Waals surface area contributed by atoms with Crippen molar-refractivity contribution in [3.05, 3.63) is 59.2 Å². The highest BCUT2D eigenvalue weighted by atomic mass is 16.1. The van der Waals surface area contributed by atoms with Crippen LogP contribution in [0.3, 0.4) is 0 Å². The van der Waals surface area contributed by atoms with Gasteiger partial charge in [0.15, 0.2) is 0 Å². The summed E-state index contributed by atoms with van der Waals surface area (Å²) in [5.74, 6) is 0. The van der Waals surface area contributed by atoms with Gasteiger partial charge < -0.3 is 0 Å². The minimum absolute atomic E-state index is 0.651. The van der Waals surface area contributed by atoms with Crippen LogP contribution in [0.5, 0.6) is 0 Å². The van der Waals surface area contributed by atoms with E-state index in [4.69, 9.17) is 5.26 Å². The largest absolute Gasteiger partial charge is 0.298 e. The van der Waals surface area contributed by atoms with Crippen LogP contribution >= 0.6 is 0 Å². The van der Waals surface area contributed by atoms with Crippen molar-refractivity contribution in [1.29, 1.82) is 5.26 Å². The Balaban J connectivity index is 2.53. The number of hydrogen-bond donors (Lipinski definition) is 0. The van der Waals surface area contributed by atoms with Crippen LogP contribution in [0.4, 0.5) is 0 Å². The Hall–Kier alpha value is -2.40. The van der Waals surface area contributed by atoms with Crippen LogP contribution in [0.15, 0.2) is 42.5 Å². The molecule has 2 rings (SSSR count). The smallest absolute Gasteiger partial charge is 0.150 e. The molecule has 0 aliphatic heterocycles. The molecule has 0 bridgehead atoms. The van der Waals surface area contributed by atoms with E-state index >= 15 is 0 Å². The van der Waals surface area contributed by atoms with E-state index < -0.39 is 0 Å². The van der Waals surface area contributed by atoms with Gasteiger partial charge in [-0.05, 0) is 41.8 Å². The van der Waals surface area contributed by atoms with Crippen molar-refractivity contribution in [1.82, 2.24) is 0 Å². The Bertz CT molecular complexity index is 609. The van der Waals surface area contributed by atoms with Crippen molar-refractivity contribution in [2.45, 2.75) is 6.92 Å². The number of aryl methyl sites for hydroxylation is 1. The fourth-order valence-electron chi connectivity index (χ4n) is 1.84. The third-order valence-electron chi connectivity index (χ3n) is 2.69. The van der Waals surface area contributed by atoms with E-state index in [1.807, 2.05) is 37.3 Å². The third-order valence-corrected chi connectivity index (χ3v) is 2.69. The van der Waals surface area contributed by atoms with Gasteiger partial charge in [-0.3, -0.25) is 4.79 Å². The van der Waals surface area contributed by atoms with Gasteiger partial charge in [-0.1, -0.05) is 24.3 Å². The molecule has 0 unspecified atom stereocenters. The standard InChI is InChI=1S/C15H11NO/c1-11-7-12(9-16)5-6-15(11)14-4-2-3-13(8-14)10-17/h2-8,10H,1H3. The zero-order valence-electron chi connectivity index (χ0n) is 9.47. The minimum atomic E-state index is 0.651. The molecule has 0 fully saturated rings. The van der Waals surface area contributed by atoms with Crippen molar-refractivity contribution in [3.63, 3.8) is 0 Å². The number of nitrogens with zero attached hydrogens (tertiary/aromatic N) is 1. The molecular formula is C15H11NO. The summed E-state index contributed by atoms with van der Waals surface area (Å²) in [6.45, 7) is 1.96. The molecule has 0 atom stereocenters. The molecule has 0 aliphatic rings. The Kier molecular flexibility index (Phi) is 3.02. The Morgan fingerprint density at radius 3 is 2.65 bits per heavy atom. The van der Waals surface area contributed by atoms with Crippen molar-refractivity contribution in [2.75, 3.05) is 0 Å². The predicted octanol–water partition coefficient (Wildman–Crippen LogP) is 3.35. The van der Waals surface area contributed by atoms with Crippen LogP contribution in [-0.4, -0.2) is 6.29 Å². The summed E-state index contributed by atoms with van der Waals surface area (Å²) in [7, 11) is 0. The first-order chi connectivity index (χ1) is 8.24. The van der Waals surface area contributed by atoms with Gasteiger partial charge in [-0.15, -0.1) is 0 Å². The van der Waals surface area contributed by atoms with E-state index in [0.717, 1.165) is 23.0 Å². The van der Waals surface area contributed by atoms with Gasteiger partial charge in [0.05, 0.1) is 11.6 Å². The normalized spacial score (nSPS) is 9.65. The molecule has 0 N–H and O–H groups in total. The van der Waals surface area contributed by atoms with Gasteiger partial charge >= 0.3 is 0 Å². The first-order valence-corrected chi connectivity index (χ1v) is 5.31. The number of benzene rings is 2. The molecule has 0 saturated heterocycles. The predicted molar refractivity (Wildman–Crippen MR) is 66.7 cm³/mol. The summed E-state index contributed by atoms with van der Waals surface area (Å²) >= 11 is 0. The van der Waals surface area contributed by atoms with Crippen LogP contribution in [0.1, 0.15) is 21.5 Å². The average Bonchev–Trinajstić information content (AvgIpc) is 2.38. The zero-order valence-corrected chi connectivity index (χ0v) is 9.47. The van der Waals surface area contributed by atoms with Crippen LogP contribution < -0.4 is 0 Å². The summed E-state index contributed by atoms with van der Waals surface area (Å²) in [6.07, 6.45) is 0.836. The van der Waals surface area contributed by atoms with Crippen LogP contribution in [0.2, 0.25) is 0 Å². The van der Waals surface area contributed by atoms with Crippen LogP contribution in [0, 0.1) is 18.3 Å². The van der Waals surface area contributed by atoms with E-state index in [1.165, 1.54) is 0 Å². The SMILES string of the molecule is Cc1cc(C#N)ccc1-c1cccc(C=O)c1. The highest BCUT2D eigenvalue weighted by molar-refractivity contribution is 5.79. The molecule has 82 valence electrons. The minimum Gasteiger partial charge on any atom is -0.298 e. The summed E-state index contributed by atoms with van der Waals surface area (Å²) in [5, 5.41) is 8.81. The molecule has 17 heavy (non-hydrogen) atoms. The maximum Gasteiger partial charge on any atom is 0.150 e. The Labute approximate surface area is 100 Å². The first-order valence-electron chi connectivity index (χ1n) is 5.31. The van der Waals surface area contributed by atoms with Gasteiger partial charge in [0.2, 0.25) is 0 Å². The van der Waals surface area contributed by atoms with E-state index in [1.54, 1.807) is 12.1 Å². The van der Waals surface area contributed by atoms with Crippen molar-refractivity contribution in [3.8, 4) is 17.2 Å². The van der Waals surface area contributed by atoms with Gasteiger partial charge in [0.1, 0.15) is 6.29 Å². The van der Waals surface area contributed by atoms with Crippen molar-refractivity contribution < 1.29 is 4.79 Å². The zero-order chi connectivity index (χ0) is 12.3. The molecule has 0 heterocycles. The summed E-state index contributed by atoms with van der Waals surface area (Å²) in [5.41, 5.74) is 4.39. The molecule has 2 nitrogen and oxygen atoms in total. The Morgan fingerprint density at radius 1 is 1.18 bits per heavy atom. The summed E-state index contributed by atoms with van der Waals surface area (Å²) in [4.78, 5) is 10.7. The van der Waals surface area contributed by atoms with Gasteiger partial charge in [-0.2, -0.15) is 5.26 Å². The lowest BCUT2D eigenvalue weighted by Crippen LogP contribution is -1.87. The van der Waals surface area contributed by atoms with Gasteiger partial charge in [0, 0.05) is 5.56 Å². The molecule has 0 spiro atoms. The van der Waals surface area contributed by atoms with Gasteiger partial charge in [-0.25, -0.2) is 0 Å². The van der Waals surface area contributed by atoms with E-state index in [2.05, 4.69) is 6.07 Å². The number of rotatable bonds is 2. The average molecular weight is 221 g/mol. The van der Waals surface area contributed by atoms with E-state index in [0.29, 0.717) is 11.1 Å². The number of nitriles is 1.